The minimum atomic E-state index is -0.651. The van der Waals surface area contributed by atoms with Crippen LogP contribution in [0.3, 0.4) is 0 Å². The van der Waals surface area contributed by atoms with Crippen LogP contribution < -0.4 is 5.32 Å². The Kier molecular flexibility index (Phi) is 6.26. The van der Waals surface area contributed by atoms with Crippen molar-refractivity contribution in [3.8, 4) is 0 Å². The minimum absolute atomic E-state index is 0.0177. The van der Waals surface area contributed by atoms with Gasteiger partial charge in [0.05, 0.1) is 29.9 Å². The van der Waals surface area contributed by atoms with Gasteiger partial charge >= 0.3 is 11.8 Å². The zero-order valence-electron chi connectivity index (χ0n) is 16.7. The first kappa shape index (κ1) is 21.2. The van der Waals surface area contributed by atoms with Gasteiger partial charge in [-0.2, -0.15) is 4.68 Å². The smallest absolute Gasteiger partial charge is 0.390 e. The lowest BCUT2D eigenvalue weighted by Crippen LogP contribution is -2.19. The number of anilines is 1. The molecule has 156 valence electrons. The molecule has 2 aromatic heterocycles. The molecular weight excluding hydrogens is 408 g/mol. The highest BCUT2D eigenvalue weighted by atomic mass is 32.1. The number of carbonyl (C=O) groups excluding carboxylic acids is 2. The van der Waals surface area contributed by atoms with Crippen molar-refractivity contribution in [2.75, 3.05) is 11.9 Å². The van der Waals surface area contributed by atoms with Gasteiger partial charge in [-0.05, 0) is 36.8 Å². The van der Waals surface area contributed by atoms with Gasteiger partial charge in [-0.15, -0.1) is 11.3 Å². The molecule has 0 radical (unpaired) electrons. The van der Waals surface area contributed by atoms with E-state index in [1.807, 2.05) is 37.3 Å². The van der Waals surface area contributed by atoms with Crippen LogP contribution in [0.15, 0.2) is 36.4 Å². The molecule has 3 aromatic rings. The zero-order valence-corrected chi connectivity index (χ0v) is 17.5. The molecule has 1 amide bonds. The predicted octanol–water partition coefficient (Wildman–Crippen LogP) is 3.95. The first-order chi connectivity index (χ1) is 14.3. The van der Waals surface area contributed by atoms with E-state index >= 15 is 0 Å². The van der Waals surface area contributed by atoms with Crippen molar-refractivity contribution < 1.29 is 19.2 Å². The number of aryl methyl sites for hydroxylation is 1. The SMILES string of the molecule is CCOC(=O)c1c(NC(=O)c2cc([N+](=O)[O-])nn2Cc2ccccc2)sc(C)c1C. The van der Waals surface area contributed by atoms with Crippen molar-refractivity contribution in [3.05, 3.63) is 73.8 Å². The van der Waals surface area contributed by atoms with Gasteiger partial charge in [0.1, 0.15) is 5.00 Å². The molecule has 30 heavy (non-hydrogen) atoms. The number of esters is 1. The maximum absolute atomic E-state index is 13.0. The Morgan fingerprint density at radius 3 is 2.60 bits per heavy atom. The highest BCUT2D eigenvalue weighted by molar-refractivity contribution is 7.16. The molecule has 10 heteroatoms. The quantitative estimate of drug-likeness (QED) is 0.346. The van der Waals surface area contributed by atoms with Crippen LogP contribution in [0.4, 0.5) is 10.8 Å². The largest absolute Gasteiger partial charge is 0.462 e. The molecule has 2 heterocycles. The Hall–Kier alpha value is -3.53. The third-order valence-electron chi connectivity index (χ3n) is 4.45. The Morgan fingerprint density at radius 1 is 1.27 bits per heavy atom. The lowest BCUT2D eigenvalue weighted by atomic mass is 10.1. The van der Waals surface area contributed by atoms with Gasteiger partial charge in [-0.3, -0.25) is 4.79 Å². The summed E-state index contributed by atoms with van der Waals surface area (Å²) in [6.45, 7) is 5.70. The number of carbonyl (C=O) groups is 2. The highest BCUT2D eigenvalue weighted by Gasteiger charge is 2.27. The fraction of sp³-hybridized carbons (Fsp3) is 0.250. The standard InChI is InChI=1S/C20H20N4O5S/c1-4-29-20(26)17-12(2)13(3)30-19(17)21-18(25)15-10-16(24(27)28)22-23(15)11-14-8-6-5-7-9-14/h5-10H,4,11H2,1-3H3,(H,21,25). The topological polar surface area (TPSA) is 116 Å². The summed E-state index contributed by atoms with van der Waals surface area (Å²) in [5, 5.41) is 18.2. The summed E-state index contributed by atoms with van der Waals surface area (Å²) in [5.41, 5.74) is 1.86. The van der Waals surface area contributed by atoms with E-state index in [1.165, 1.54) is 16.0 Å². The summed E-state index contributed by atoms with van der Waals surface area (Å²) in [4.78, 5) is 36.7. The number of rotatable bonds is 7. The Bertz CT molecular complexity index is 1100. The van der Waals surface area contributed by atoms with Crippen LogP contribution in [0.2, 0.25) is 0 Å². The summed E-state index contributed by atoms with van der Waals surface area (Å²) in [7, 11) is 0. The van der Waals surface area contributed by atoms with Crippen LogP contribution in [0.25, 0.3) is 0 Å². The van der Waals surface area contributed by atoms with Crippen LogP contribution >= 0.6 is 11.3 Å². The average molecular weight is 428 g/mol. The molecule has 0 saturated carbocycles. The van der Waals surface area contributed by atoms with Crippen LogP contribution in [-0.4, -0.2) is 33.2 Å². The van der Waals surface area contributed by atoms with Crippen molar-refractivity contribution in [2.24, 2.45) is 0 Å². The van der Waals surface area contributed by atoms with Crippen molar-refractivity contribution in [3.63, 3.8) is 0 Å². The van der Waals surface area contributed by atoms with Crippen molar-refractivity contribution in [1.29, 1.82) is 0 Å². The highest BCUT2D eigenvalue weighted by Crippen LogP contribution is 2.33. The zero-order chi connectivity index (χ0) is 21.8. The first-order valence-electron chi connectivity index (χ1n) is 9.16. The molecule has 0 bridgehead atoms. The fourth-order valence-electron chi connectivity index (χ4n) is 2.88. The third-order valence-corrected chi connectivity index (χ3v) is 5.58. The molecule has 0 aliphatic rings. The summed E-state index contributed by atoms with van der Waals surface area (Å²) in [6.07, 6.45) is 0. The van der Waals surface area contributed by atoms with E-state index in [-0.39, 0.29) is 24.4 Å². The second-order valence-corrected chi connectivity index (χ2v) is 7.67. The third kappa shape index (κ3) is 4.38. The van der Waals surface area contributed by atoms with Gasteiger partial charge < -0.3 is 20.2 Å². The van der Waals surface area contributed by atoms with Gasteiger partial charge in [-0.25, -0.2) is 4.79 Å². The fourth-order valence-corrected chi connectivity index (χ4v) is 3.93. The second kappa shape index (κ2) is 8.87. The number of aromatic nitrogens is 2. The summed E-state index contributed by atoms with van der Waals surface area (Å²) < 4.78 is 6.38. The molecule has 1 aromatic carbocycles. The number of hydrogen-bond acceptors (Lipinski definition) is 7. The number of hydrogen-bond donors (Lipinski definition) is 1. The maximum Gasteiger partial charge on any atom is 0.390 e. The molecule has 0 unspecified atom stereocenters. The Morgan fingerprint density at radius 2 is 1.97 bits per heavy atom. The summed E-state index contributed by atoms with van der Waals surface area (Å²) in [6, 6.07) is 10.3. The average Bonchev–Trinajstić information content (AvgIpc) is 3.24. The van der Waals surface area contributed by atoms with Crippen molar-refractivity contribution in [2.45, 2.75) is 27.3 Å². The van der Waals surface area contributed by atoms with Crippen LogP contribution in [0.5, 0.6) is 0 Å². The van der Waals surface area contributed by atoms with Crippen molar-refractivity contribution >= 4 is 34.0 Å². The lowest BCUT2D eigenvalue weighted by molar-refractivity contribution is -0.389. The first-order valence-corrected chi connectivity index (χ1v) is 9.98. The number of ether oxygens (including phenoxy) is 1. The molecular formula is C20H20N4O5S. The Balaban J connectivity index is 1.95. The lowest BCUT2D eigenvalue weighted by Gasteiger charge is -2.07. The van der Waals surface area contributed by atoms with E-state index in [0.717, 1.165) is 22.1 Å². The number of amides is 1. The molecule has 0 atom stereocenters. The van der Waals surface area contributed by atoms with Gasteiger partial charge in [0.2, 0.25) is 0 Å². The number of nitrogens with zero attached hydrogens (tertiary/aromatic N) is 3. The maximum atomic E-state index is 13.0. The van der Waals surface area contributed by atoms with Gasteiger partial charge in [0.15, 0.2) is 5.69 Å². The molecule has 9 nitrogen and oxygen atoms in total. The molecule has 0 spiro atoms. The van der Waals surface area contributed by atoms with Gasteiger partial charge in [0.25, 0.3) is 5.91 Å². The number of thiophene rings is 1. The van der Waals surface area contributed by atoms with E-state index in [9.17, 15) is 19.7 Å². The number of nitro groups is 1. The molecule has 0 fully saturated rings. The van der Waals surface area contributed by atoms with Crippen molar-refractivity contribution in [1.82, 2.24) is 9.78 Å². The molecule has 0 aliphatic heterocycles. The minimum Gasteiger partial charge on any atom is -0.462 e. The molecule has 0 aliphatic carbocycles. The normalized spacial score (nSPS) is 10.6. The predicted molar refractivity (Wildman–Crippen MR) is 112 cm³/mol. The van der Waals surface area contributed by atoms with E-state index in [1.54, 1.807) is 13.8 Å². The van der Waals surface area contributed by atoms with Gasteiger partial charge in [0, 0.05) is 4.88 Å². The van der Waals surface area contributed by atoms with Crippen LogP contribution in [0.1, 0.15) is 43.8 Å². The van der Waals surface area contributed by atoms with E-state index in [0.29, 0.717) is 5.00 Å². The number of nitrogens with one attached hydrogen (secondary N) is 1. The molecule has 1 N–H and O–H groups in total. The molecule has 3 rings (SSSR count). The molecule has 0 saturated heterocycles. The van der Waals surface area contributed by atoms with Crippen LogP contribution in [-0.2, 0) is 11.3 Å². The second-order valence-electron chi connectivity index (χ2n) is 6.45. The summed E-state index contributed by atoms with van der Waals surface area (Å²) in [5.74, 6) is -1.56. The van der Waals surface area contributed by atoms with Crippen LogP contribution in [0, 0.1) is 24.0 Å². The Labute approximate surface area is 176 Å². The van der Waals surface area contributed by atoms with Gasteiger partial charge in [-0.1, -0.05) is 30.3 Å². The van der Waals surface area contributed by atoms with E-state index in [4.69, 9.17) is 4.74 Å². The monoisotopic (exact) mass is 428 g/mol. The van der Waals surface area contributed by atoms with E-state index in [2.05, 4.69) is 10.4 Å². The van der Waals surface area contributed by atoms with E-state index < -0.39 is 22.6 Å². The summed E-state index contributed by atoms with van der Waals surface area (Å²) >= 11 is 1.24. The number of benzene rings is 1.